The van der Waals surface area contributed by atoms with Gasteiger partial charge in [0.1, 0.15) is 12.4 Å². The van der Waals surface area contributed by atoms with Crippen molar-refractivity contribution in [2.24, 2.45) is 0 Å². The second-order valence-corrected chi connectivity index (χ2v) is 7.23. The number of hydrogen-bond acceptors (Lipinski definition) is 4. The first-order valence-corrected chi connectivity index (χ1v) is 9.73. The molecular formula is C23H28N4O2. The Bertz CT molecular complexity index is 923. The summed E-state index contributed by atoms with van der Waals surface area (Å²) in [5, 5.41) is 4.39. The van der Waals surface area contributed by atoms with Crippen LogP contribution in [-0.4, -0.2) is 59.3 Å². The van der Waals surface area contributed by atoms with Crippen LogP contribution in [0.15, 0.2) is 67.0 Å². The van der Waals surface area contributed by atoms with Crippen LogP contribution in [-0.2, 0) is 11.3 Å². The van der Waals surface area contributed by atoms with Crippen LogP contribution in [0.3, 0.4) is 0 Å². The SMILES string of the molecule is Cc1ccccc1OCCN(C)CC(=O)N(C)Cc1cnn(-c2ccccc2)c1. The summed E-state index contributed by atoms with van der Waals surface area (Å²) in [5.41, 5.74) is 3.11. The van der Waals surface area contributed by atoms with Gasteiger partial charge in [0.25, 0.3) is 0 Å². The molecule has 0 bridgehead atoms. The first kappa shape index (κ1) is 20.6. The fourth-order valence-electron chi connectivity index (χ4n) is 2.99. The third-order valence-corrected chi connectivity index (χ3v) is 4.73. The summed E-state index contributed by atoms with van der Waals surface area (Å²) in [6.07, 6.45) is 3.76. The number of hydrogen-bond donors (Lipinski definition) is 0. The van der Waals surface area contributed by atoms with Crippen LogP contribution in [0.5, 0.6) is 5.75 Å². The van der Waals surface area contributed by atoms with E-state index < -0.39 is 0 Å². The van der Waals surface area contributed by atoms with Crippen molar-refractivity contribution in [3.8, 4) is 11.4 Å². The standard InChI is InChI=1S/C23H28N4O2/c1-19-9-7-8-12-22(19)29-14-13-25(2)18-23(28)26(3)16-20-15-24-27(17-20)21-10-5-4-6-11-21/h4-12,15,17H,13-14,16,18H2,1-3H3. The molecule has 2 aromatic carbocycles. The average Bonchev–Trinajstić information content (AvgIpc) is 3.18. The molecule has 0 radical (unpaired) electrons. The van der Waals surface area contributed by atoms with Gasteiger partial charge < -0.3 is 9.64 Å². The van der Waals surface area contributed by atoms with Crippen molar-refractivity contribution in [2.75, 3.05) is 33.8 Å². The molecule has 29 heavy (non-hydrogen) atoms. The molecule has 0 unspecified atom stereocenters. The van der Waals surface area contributed by atoms with E-state index in [-0.39, 0.29) is 5.91 Å². The fraction of sp³-hybridized carbons (Fsp3) is 0.304. The number of benzene rings is 2. The van der Waals surface area contributed by atoms with Crippen LogP contribution in [0.25, 0.3) is 5.69 Å². The van der Waals surface area contributed by atoms with Crippen molar-refractivity contribution in [2.45, 2.75) is 13.5 Å². The molecule has 1 amide bonds. The zero-order chi connectivity index (χ0) is 20.6. The summed E-state index contributed by atoms with van der Waals surface area (Å²) < 4.78 is 7.63. The zero-order valence-corrected chi connectivity index (χ0v) is 17.3. The molecular weight excluding hydrogens is 364 g/mol. The molecule has 0 saturated carbocycles. The van der Waals surface area contributed by atoms with Crippen LogP contribution < -0.4 is 4.74 Å². The van der Waals surface area contributed by atoms with Gasteiger partial charge in [-0.3, -0.25) is 9.69 Å². The maximum Gasteiger partial charge on any atom is 0.236 e. The Labute approximate surface area is 172 Å². The van der Waals surface area contributed by atoms with E-state index in [9.17, 15) is 4.79 Å². The lowest BCUT2D eigenvalue weighted by molar-refractivity contribution is -0.131. The third-order valence-electron chi connectivity index (χ3n) is 4.73. The molecule has 1 aromatic heterocycles. The normalized spacial score (nSPS) is 10.9. The lowest BCUT2D eigenvalue weighted by atomic mass is 10.2. The number of carbonyl (C=O) groups excluding carboxylic acids is 1. The van der Waals surface area contributed by atoms with Crippen LogP contribution in [0.4, 0.5) is 0 Å². The highest BCUT2D eigenvalue weighted by Crippen LogP contribution is 2.15. The van der Waals surface area contributed by atoms with Gasteiger partial charge >= 0.3 is 0 Å². The van der Waals surface area contributed by atoms with Gasteiger partial charge in [0.05, 0.1) is 18.4 Å². The Morgan fingerprint density at radius 1 is 1.07 bits per heavy atom. The van der Waals surface area contributed by atoms with Crippen molar-refractivity contribution in [1.82, 2.24) is 19.6 Å². The van der Waals surface area contributed by atoms with Crippen molar-refractivity contribution in [3.63, 3.8) is 0 Å². The predicted molar refractivity (Wildman–Crippen MR) is 114 cm³/mol. The highest BCUT2D eigenvalue weighted by atomic mass is 16.5. The van der Waals surface area contributed by atoms with E-state index in [0.717, 1.165) is 22.6 Å². The number of aromatic nitrogens is 2. The number of carbonyl (C=O) groups is 1. The van der Waals surface area contributed by atoms with Crippen LogP contribution in [0, 0.1) is 6.92 Å². The first-order valence-electron chi connectivity index (χ1n) is 9.73. The lowest BCUT2D eigenvalue weighted by Gasteiger charge is -2.21. The van der Waals surface area contributed by atoms with Gasteiger partial charge in [-0.2, -0.15) is 5.10 Å². The highest BCUT2D eigenvalue weighted by molar-refractivity contribution is 5.77. The third kappa shape index (κ3) is 5.93. The summed E-state index contributed by atoms with van der Waals surface area (Å²) in [6, 6.07) is 17.9. The Kier molecular flexibility index (Phi) is 7.03. The van der Waals surface area contributed by atoms with E-state index in [1.807, 2.05) is 91.4 Å². The fourth-order valence-corrected chi connectivity index (χ4v) is 2.99. The topological polar surface area (TPSA) is 50.6 Å². The van der Waals surface area contributed by atoms with E-state index >= 15 is 0 Å². The molecule has 0 fully saturated rings. The smallest absolute Gasteiger partial charge is 0.236 e. The number of rotatable bonds is 9. The number of nitrogens with zero attached hydrogens (tertiary/aromatic N) is 4. The van der Waals surface area contributed by atoms with E-state index in [1.54, 1.807) is 11.1 Å². The number of aryl methyl sites for hydroxylation is 1. The van der Waals surface area contributed by atoms with E-state index in [2.05, 4.69) is 5.10 Å². The number of para-hydroxylation sites is 2. The summed E-state index contributed by atoms with van der Waals surface area (Å²) >= 11 is 0. The Balaban J connectivity index is 1.44. The molecule has 0 N–H and O–H groups in total. The molecule has 1 heterocycles. The number of ether oxygens (including phenoxy) is 1. The second kappa shape index (κ2) is 9.89. The number of amides is 1. The largest absolute Gasteiger partial charge is 0.492 e. The minimum Gasteiger partial charge on any atom is -0.492 e. The summed E-state index contributed by atoms with van der Waals surface area (Å²) in [5.74, 6) is 0.954. The maximum absolute atomic E-state index is 12.5. The molecule has 6 nitrogen and oxygen atoms in total. The lowest BCUT2D eigenvalue weighted by Crippen LogP contribution is -2.37. The van der Waals surface area contributed by atoms with E-state index in [0.29, 0.717) is 26.2 Å². The molecule has 0 aliphatic rings. The molecule has 0 saturated heterocycles. The molecule has 0 aliphatic carbocycles. The van der Waals surface area contributed by atoms with Crippen LogP contribution >= 0.6 is 0 Å². The molecule has 3 rings (SSSR count). The Hall–Kier alpha value is -3.12. The minimum atomic E-state index is 0.0656. The molecule has 152 valence electrons. The molecule has 0 spiro atoms. The Morgan fingerprint density at radius 2 is 1.79 bits per heavy atom. The monoisotopic (exact) mass is 392 g/mol. The van der Waals surface area contributed by atoms with Crippen molar-refractivity contribution < 1.29 is 9.53 Å². The maximum atomic E-state index is 12.5. The Morgan fingerprint density at radius 3 is 2.55 bits per heavy atom. The molecule has 0 aliphatic heterocycles. The zero-order valence-electron chi connectivity index (χ0n) is 17.3. The minimum absolute atomic E-state index is 0.0656. The average molecular weight is 393 g/mol. The van der Waals surface area contributed by atoms with Crippen LogP contribution in [0.2, 0.25) is 0 Å². The van der Waals surface area contributed by atoms with Crippen molar-refractivity contribution >= 4 is 5.91 Å². The molecule has 6 heteroatoms. The summed E-state index contributed by atoms with van der Waals surface area (Å²) in [6.45, 7) is 4.12. The van der Waals surface area contributed by atoms with Crippen molar-refractivity contribution in [1.29, 1.82) is 0 Å². The summed E-state index contributed by atoms with van der Waals surface area (Å²) in [4.78, 5) is 16.2. The van der Waals surface area contributed by atoms with Gasteiger partial charge in [0.2, 0.25) is 5.91 Å². The summed E-state index contributed by atoms with van der Waals surface area (Å²) in [7, 11) is 3.75. The van der Waals surface area contributed by atoms with Gasteiger partial charge in [-0.25, -0.2) is 4.68 Å². The van der Waals surface area contributed by atoms with Crippen LogP contribution in [0.1, 0.15) is 11.1 Å². The molecule has 0 atom stereocenters. The van der Waals surface area contributed by atoms with Gasteiger partial charge in [-0.05, 0) is 37.7 Å². The second-order valence-electron chi connectivity index (χ2n) is 7.23. The predicted octanol–water partition coefficient (Wildman–Crippen LogP) is 3.15. The highest BCUT2D eigenvalue weighted by Gasteiger charge is 2.13. The number of likely N-dealkylation sites (N-methyl/N-ethyl adjacent to an activating group) is 2. The van der Waals surface area contributed by atoms with Gasteiger partial charge in [0, 0.05) is 31.9 Å². The quantitative estimate of drug-likeness (QED) is 0.561. The van der Waals surface area contributed by atoms with Crippen molar-refractivity contribution in [3.05, 3.63) is 78.1 Å². The van der Waals surface area contributed by atoms with E-state index in [4.69, 9.17) is 4.74 Å². The first-order chi connectivity index (χ1) is 14.0. The molecule has 3 aromatic rings. The van der Waals surface area contributed by atoms with E-state index in [1.165, 1.54) is 0 Å². The van der Waals surface area contributed by atoms with Gasteiger partial charge in [-0.1, -0.05) is 36.4 Å². The van der Waals surface area contributed by atoms with Gasteiger partial charge in [0.15, 0.2) is 0 Å². The van der Waals surface area contributed by atoms with Gasteiger partial charge in [-0.15, -0.1) is 0 Å².